The summed E-state index contributed by atoms with van der Waals surface area (Å²) in [6.45, 7) is 5.54. The monoisotopic (exact) mass is 338 g/mol. The van der Waals surface area contributed by atoms with Crippen LogP contribution in [0.25, 0.3) is 0 Å². The van der Waals surface area contributed by atoms with Crippen molar-refractivity contribution in [1.29, 1.82) is 0 Å². The second-order valence-electron chi connectivity index (χ2n) is 6.56. The molecule has 1 heterocycles. The quantitative estimate of drug-likeness (QED) is 0.570. The van der Waals surface area contributed by atoms with Crippen LogP contribution in [0.2, 0.25) is 0 Å². The number of halogens is 1. The number of rotatable bonds is 2. The van der Waals surface area contributed by atoms with Gasteiger partial charge in [-0.25, -0.2) is 0 Å². The molecule has 0 aromatic carbocycles. The largest absolute Gasteiger partial charge is 0.461 e. The van der Waals surface area contributed by atoms with Crippen LogP contribution in [-0.4, -0.2) is 35.8 Å². The summed E-state index contributed by atoms with van der Waals surface area (Å²) in [6, 6.07) is 0. The Labute approximate surface area is 139 Å². The Morgan fingerprint density at radius 2 is 2.09 bits per heavy atom. The Hall–Kier alpha value is -1.62. The molecule has 0 aromatic rings. The third-order valence-corrected chi connectivity index (χ3v) is 5.34. The van der Waals surface area contributed by atoms with E-state index < -0.39 is 18.2 Å². The van der Waals surface area contributed by atoms with Crippen molar-refractivity contribution in [2.24, 2.45) is 17.8 Å². The van der Waals surface area contributed by atoms with Gasteiger partial charge in [-0.2, -0.15) is 0 Å². The molecular formula is C17H19ClO5. The van der Waals surface area contributed by atoms with E-state index in [1.165, 1.54) is 0 Å². The van der Waals surface area contributed by atoms with E-state index in [2.05, 4.69) is 0 Å². The van der Waals surface area contributed by atoms with Gasteiger partial charge in [0.05, 0.1) is 5.92 Å². The fourth-order valence-corrected chi connectivity index (χ4v) is 4.17. The highest BCUT2D eigenvalue weighted by molar-refractivity contribution is 6.26. The molecule has 6 heteroatoms. The van der Waals surface area contributed by atoms with Crippen LogP contribution in [0, 0.1) is 17.8 Å². The highest BCUT2D eigenvalue weighted by Gasteiger charge is 2.55. The van der Waals surface area contributed by atoms with Crippen LogP contribution < -0.4 is 0 Å². The van der Waals surface area contributed by atoms with Gasteiger partial charge in [0.15, 0.2) is 5.78 Å². The SMILES string of the molecule is CC1=CC(=O)C2=C(C)C[C@@H](OC(=O)CCl)[C@H]3[C@@H](OC(=O)[C@@H]3C)[C@H]12. The lowest BCUT2D eigenvalue weighted by Crippen LogP contribution is -2.38. The van der Waals surface area contributed by atoms with Crippen molar-refractivity contribution in [3.05, 3.63) is 22.8 Å². The zero-order valence-electron chi connectivity index (χ0n) is 13.3. The molecule has 1 saturated heterocycles. The third kappa shape index (κ3) is 2.51. The molecule has 0 amide bonds. The van der Waals surface area contributed by atoms with E-state index in [0.717, 1.165) is 11.1 Å². The van der Waals surface area contributed by atoms with Crippen molar-refractivity contribution in [3.8, 4) is 0 Å². The fraction of sp³-hybridized carbons (Fsp3) is 0.588. The number of ketones is 1. The van der Waals surface area contributed by atoms with Crippen molar-refractivity contribution in [3.63, 3.8) is 0 Å². The molecule has 0 unspecified atom stereocenters. The van der Waals surface area contributed by atoms with Crippen LogP contribution in [0.15, 0.2) is 22.8 Å². The molecule has 5 nitrogen and oxygen atoms in total. The van der Waals surface area contributed by atoms with E-state index in [1.54, 1.807) is 13.0 Å². The topological polar surface area (TPSA) is 69.7 Å². The van der Waals surface area contributed by atoms with Crippen molar-refractivity contribution in [1.82, 2.24) is 0 Å². The summed E-state index contributed by atoms with van der Waals surface area (Å²) in [5, 5.41) is 0. The summed E-state index contributed by atoms with van der Waals surface area (Å²) in [5.74, 6) is -2.01. The predicted molar refractivity (Wildman–Crippen MR) is 82.7 cm³/mol. The third-order valence-electron chi connectivity index (χ3n) is 5.12. The molecule has 0 aromatic heterocycles. The molecule has 0 radical (unpaired) electrons. The number of hydrogen-bond donors (Lipinski definition) is 0. The van der Waals surface area contributed by atoms with E-state index in [9.17, 15) is 14.4 Å². The number of carbonyl (C=O) groups is 3. The van der Waals surface area contributed by atoms with Gasteiger partial charge in [-0.1, -0.05) is 18.1 Å². The van der Waals surface area contributed by atoms with Gasteiger partial charge < -0.3 is 9.47 Å². The minimum atomic E-state index is -0.523. The van der Waals surface area contributed by atoms with E-state index >= 15 is 0 Å². The van der Waals surface area contributed by atoms with Gasteiger partial charge in [0, 0.05) is 23.8 Å². The Morgan fingerprint density at radius 3 is 2.74 bits per heavy atom. The van der Waals surface area contributed by atoms with Crippen molar-refractivity contribution >= 4 is 29.3 Å². The Balaban J connectivity index is 2.05. The van der Waals surface area contributed by atoms with E-state index in [1.807, 2.05) is 13.8 Å². The highest BCUT2D eigenvalue weighted by Crippen LogP contribution is 2.48. The number of ether oxygens (including phenoxy) is 2. The summed E-state index contributed by atoms with van der Waals surface area (Å²) >= 11 is 5.55. The molecule has 3 rings (SSSR count). The van der Waals surface area contributed by atoms with E-state index in [-0.39, 0.29) is 35.4 Å². The molecule has 0 spiro atoms. The maximum Gasteiger partial charge on any atom is 0.321 e. The van der Waals surface area contributed by atoms with Crippen LogP contribution in [0.5, 0.6) is 0 Å². The van der Waals surface area contributed by atoms with Crippen LogP contribution in [0.1, 0.15) is 27.2 Å². The summed E-state index contributed by atoms with van der Waals surface area (Å²) in [7, 11) is 0. The maximum atomic E-state index is 12.3. The number of alkyl halides is 1. The molecule has 1 aliphatic heterocycles. The number of carbonyl (C=O) groups excluding carboxylic acids is 3. The molecule has 23 heavy (non-hydrogen) atoms. The van der Waals surface area contributed by atoms with E-state index in [4.69, 9.17) is 21.1 Å². The molecular weight excluding hydrogens is 320 g/mol. The predicted octanol–water partition coefficient (Wildman–Crippen LogP) is 2.18. The van der Waals surface area contributed by atoms with Gasteiger partial charge >= 0.3 is 11.9 Å². The Morgan fingerprint density at radius 1 is 1.39 bits per heavy atom. The molecule has 5 atom stereocenters. The summed E-state index contributed by atoms with van der Waals surface area (Å²) in [4.78, 5) is 36.1. The Kier molecular flexibility index (Phi) is 4.08. The lowest BCUT2D eigenvalue weighted by atomic mass is 9.79. The number of allylic oxidation sites excluding steroid dienone is 1. The first-order valence-corrected chi connectivity index (χ1v) is 8.26. The molecule has 0 N–H and O–H groups in total. The van der Waals surface area contributed by atoms with Crippen molar-refractivity contribution in [2.75, 3.05) is 5.88 Å². The molecule has 124 valence electrons. The Bertz CT molecular complexity index is 647. The lowest BCUT2D eigenvalue weighted by Gasteiger charge is -2.29. The molecule has 2 aliphatic carbocycles. The average Bonchev–Trinajstić information content (AvgIpc) is 2.89. The molecule has 0 saturated carbocycles. The van der Waals surface area contributed by atoms with Gasteiger partial charge in [0.1, 0.15) is 18.1 Å². The van der Waals surface area contributed by atoms with Gasteiger partial charge in [-0.3, -0.25) is 14.4 Å². The minimum absolute atomic E-state index is 0.0383. The smallest absolute Gasteiger partial charge is 0.321 e. The summed E-state index contributed by atoms with van der Waals surface area (Å²) < 4.78 is 11.1. The second kappa shape index (κ2) is 5.78. The van der Waals surface area contributed by atoms with Gasteiger partial charge in [0.25, 0.3) is 0 Å². The first-order chi connectivity index (χ1) is 10.8. The molecule has 0 bridgehead atoms. The maximum absolute atomic E-state index is 12.3. The number of hydrogen-bond acceptors (Lipinski definition) is 5. The first kappa shape index (κ1) is 16.2. The van der Waals surface area contributed by atoms with Gasteiger partial charge in [-0.15, -0.1) is 11.6 Å². The summed E-state index contributed by atoms with van der Waals surface area (Å²) in [5.41, 5.74) is 2.47. The summed E-state index contributed by atoms with van der Waals surface area (Å²) in [6.07, 6.45) is 1.05. The number of esters is 2. The van der Waals surface area contributed by atoms with Crippen LogP contribution >= 0.6 is 11.6 Å². The fourth-order valence-electron chi connectivity index (χ4n) is 4.11. The highest BCUT2D eigenvalue weighted by atomic mass is 35.5. The zero-order chi connectivity index (χ0) is 16.9. The molecule has 1 fully saturated rings. The minimum Gasteiger partial charge on any atom is -0.461 e. The van der Waals surface area contributed by atoms with Crippen LogP contribution in [-0.2, 0) is 23.9 Å². The standard InChI is InChI=1S/C17H19ClO5/c1-7-4-10(19)13-8(2)5-11(22-12(20)6-18)15-9(3)17(21)23-16(15)14(7)13/h4,9,11,14-16H,5-6H2,1-3H3/t9-,11-,14-,15+,16+/m1/s1. The second-order valence-corrected chi connectivity index (χ2v) is 6.83. The van der Waals surface area contributed by atoms with Gasteiger partial charge in [0.2, 0.25) is 0 Å². The van der Waals surface area contributed by atoms with Crippen molar-refractivity contribution in [2.45, 2.75) is 39.4 Å². The number of fused-ring (bicyclic) bond motifs is 3. The molecule has 3 aliphatic rings. The van der Waals surface area contributed by atoms with Crippen LogP contribution in [0.4, 0.5) is 0 Å². The zero-order valence-corrected chi connectivity index (χ0v) is 14.1. The van der Waals surface area contributed by atoms with Gasteiger partial charge in [-0.05, 0) is 19.9 Å². The average molecular weight is 339 g/mol. The normalized spacial score (nSPS) is 36.2. The van der Waals surface area contributed by atoms with Crippen molar-refractivity contribution < 1.29 is 23.9 Å². The van der Waals surface area contributed by atoms with Crippen LogP contribution in [0.3, 0.4) is 0 Å². The first-order valence-electron chi connectivity index (χ1n) is 7.73. The lowest BCUT2D eigenvalue weighted by molar-refractivity contribution is -0.150. The van der Waals surface area contributed by atoms with E-state index in [0.29, 0.717) is 12.0 Å².